The first-order valence-corrected chi connectivity index (χ1v) is 14.0. The van der Waals surface area contributed by atoms with Crippen LogP contribution >= 0.6 is 0 Å². The Morgan fingerprint density at radius 1 is 1.08 bits per heavy atom. The van der Waals surface area contributed by atoms with Crippen molar-refractivity contribution in [3.8, 4) is 11.1 Å². The molecule has 0 spiro atoms. The van der Waals surface area contributed by atoms with Crippen molar-refractivity contribution in [1.29, 1.82) is 0 Å². The smallest absolute Gasteiger partial charge is 0.241 e. The van der Waals surface area contributed by atoms with Crippen molar-refractivity contribution in [2.24, 2.45) is 5.92 Å². The number of benzene rings is 3. The molecule has 8 nitrogen and oxygen atoms in total. The molecule has 0 saturated carbocycles. The van der Waals surface area contributed by atoms with Crippen LogP contribution in [0.4, 0.5) is 5.69 Å². The topological polar surface area (TPSA) is 121 Å². The zero-order chi connectivity index (χ0) is 26.0. The van der Waals surface area contributed by atoms with Crippen molar-refractivity contribution in [3.05, 3.63) is 78.6 Å². The summed E-state index contributed by atoms with van der Waals surface area (Å²) in [5, 5.41) is 0. The molecule has 1 fully saturated rings. The highest BCUT2D eigenvalue weighted by atomic mass is 32.2. The first-order valence-electron chi connectivity index (χ1n) is 12.5. The molecule has 1 aliphatic rings. The zero-order valence-electron chi connectivity index (χ0n) is 20.7. The van der Waals surface area contributed by atoms with E-state index in [1.807, 2.05) is 36.4 Å². The van der Waals surface area contributed by atoms with Gasteiger partial charge in [-0.25, -0.2) is 13.4 Å². The molecule has 0 radical (unpaired) electrons. The summed E-state index contributed by atoms with van der Waals surface area (Å²) in [6.07, 6.45) is 3.67. The minimum Gasteiger partial charge on any atom is -0.399 e. The molecule has 0 aliphatic carbocycles. The van der Waals surface area contributed by atoms with Gasteiger partial charge in [0.15, 0.2) is 0 Å². The highest BCUT2D eigenvalue weighted by Gasteiger charge is 2.31. The minimum absolute atomic E-state index is 0.105. The number of aromatic nitrogens is 2. The van der Waals surface area contributed by atoms with Crippen LogP contribution in [0.25, 0.3) is 22.2 Å². The molecule has 1 unspecified atom stereocenters. The largest absolute Gasteiger partial charge is 0.399 e. The number of rotatable bonds is 7. The first kappa shape index (κ1) is 25.0. The molecular weight excluding hydrogens is 486 g/mol. The van der Waals surface area contributed by atoms with Crippen LogP contribution in [0.3, 0.4) is 0 Å². The molecule has 0 bridgehead atoms. The molecule has 1 atom stereocenters. The number of hydrogen-bond donors (Lipinski definition) is 3. The van der Waals surface area contributed by atoms with Gasteiger partial charge in [-0.1, -0.05) is 37.3 Å². The third-order valence-corrected chi connectivity index (χ3v) is 8.49. The molecule has 3 aromatic carbocycles. The van der Waals surface area contributed by atoms with Crippen LogP contribution in [-0.4, -0.2) is 48.3 Å². The summed E-state index contributed by atoms with van der Waals surface area (Å²) < 4.78 is 29.6. The van der Waals surface area contributed by atoms with E-state index in [9.17, 15) is 13.2 Å². The van der Waals surface area contributed by atoms with Gasteiger partial charge in [0.25, 0.3) is 0 Å². The fourth-order valence-corrected chi connectivity index (χ4v) is 5.96. The molecule has 1 aromatic heterocycles. The van der Waals surface area contributed by atoms with Gasteiger partial charge in [-0.15, -0.1) is 0 Å². The number of carbonyl (C=O) groups is 1. The Morgan fingerprint density at radius 2 is 1.84 bits per heavy atom. The van der Waals surface area contributed by atoms with Crippen LogP contribution < -0.4 is 10.5 Å². The maximum atomic E-state index is 13.6. The lowest BCUT2D eigenvalue weighted by Crippen LogP contribution is -2.51. The van der Waals surface area contributed by atoms with Crippen molar-refractivity contribution in [2.45, 2.75) is 37.1 Å². The highest BCUT2D eigenvalue weighted by molar-refractivity contribution is 7.89. The number of carbonyl (C=O) groups excluding carboxylic acids is 1. The van der Waals surface area contributed by atoms with E-state index in [1.165, 1.54) is 0 Å². The minimum atomic E-state index is -3.96. The van der Waals surface area contributed by atoms with E-state index in [0.717, 1.165) is 40.6 Å². The summed E-state index contributed by atoms with van der Waals surface area (Å²) in [7, 11) is -3.96. The number of fused-ring (bicyclic) bond motifs is 1. The molecular formula is C28H31N5O3S. The monoisotopic (exact) mass is 517 g/mol. The van der Waals surface area contributed by atoms with E-state index in [1.54, 1.807) is 41.6 Å². The Labute approximate surface area is 217 Å². The lowest BCUT2D eigenvalue weighted by molar-refractivity contribution is -0.134. The van der Waals surface area contributed by atoms with Crippen LogP contribution in [-0.2, 0) is 21.2 Å². The SMILES string of the molecule is CC1CCN(C(=O)C(Cc2ccc3[nH]cnc3c2)NS(=O)(=O)c2ccc(-c3cccc(N)c3)cc2)CC1. The van der Waals surface area contributed by atoms with Crippen molar-refractivity contribution in [1.82, 2.24) is 19.6 Å². The van der Waals surface area contributed by atoms with Gasteiger partial charge in [-0.05, 0) is 78.3 Å². The van der Waals surface area contributed by atoms with Crippen molar-refractivity contribution in [3.63, 3.8) is 0 Å². The Kier molecular flexibility index (Phi) is 6.99. The van der Waals surface area contributed by atoms with Gasteiger partial charge < -0.3 is 15.6 Å². The van der Waals surface area contributed by atoms with Crippen LogP contribution in [0.15, 0.2) is 78.0 Å². The number of amides is 1. The fraction of sp³-hybridized carbons (Fsp3) is 0.286. The van der Waals surface area contributed by atoms with Gasteiger partial charge in [0.05, 0.1) is 22.3 Å². The number of likely N-dealkylation sites (tertiary alicyclic amines) is 1. The second-order valence-corrected chi connectivity index (χ2v) is 11.5. The van der Waals surface area contributed by atoms with Crippen LogP contribution in [0.1, 0.15) is 25.3 Å². The van der Waals surface area contributed by atoms with E-state index >= 15 is 0 Å². The fourth-order valence-electron chi connectivity index (χ4n) is 4.77. The molecule has 4 N–H and O–H groups in total. The number of nitrogens with two attached hydrogens (primary N) is 1. The normalized spacial score (nSPS) is 15.6. The second-order valence-electron chi connectivity index (χ2n) is 9.79. The number of anilines is 1. The number of H-pyrrole nitrogens is 1. The summed E-state index contributed by atoms with van der Waals surface area (Å²) in [6.45, 7) is 3.44. The number of piperidine rings is 1. The van der Waals surface area contributed by atoms with E-state index in [-0.39, 0.29) is 17.2 Å². The van der Waals surface area contributed by atoms with Gasteiger partial charge in [-0.3, -0.25) is 4.79 Å². The Balaban J connectivity index is 1.40. The third kappa shape index (κ3) is 5.68. The lowest BCUT2D eigenvalue weighted by atomic mass is 9.98. The summed E-state index contributed by atoms with van der Waals surface area (Å²) in [5.74, 6) is 0.355. The standard InChI is InChI=1S/C28H31N5O3S/c1-19-11-13-33(14-12-19)28(34)27(16-20-5-10-25-26(15-20)31-18-30-25)32-37(35,36)24-8-6-21(7-9-24)22-3-2-4-23(29)17-22/h2-10,15,17-19,27,32H,11-14,16,29H2,1H3,(H,30,31). The Bertz CT molecular complexity index is 1510. The van der Waals surface area contributed by atoms with Crippen molar-refractivity contribution < 1.29 is 13.2 Å². The zero-order valence-corrected chi connectivity index (χ0v) is 21.5. The van der Waals surface area contributed by atoms with Gasteiger partial charge in [0.1, 0.15) is 6.04 Å². The number of hydrogen-bond acceptors (Lipinski definition) is 5. The quantitative estimate of drug-likeness (QED) is 0.321. The molecule has 1 saturated heterocycles. The Hall–Kier alpha value is -3.69. The number of imidazole rings is 1. The van der Waals surface area contributed by atoms with E-state index in [0.29, 0.717) is 24.7 Å². The number of nitrogens with one attached hydrogen (secondary N) is 2. The maximum absolute atomic E-state index is 13.6. The van der Waals surface area contributed by atoms with E-state index in [2.05, 4.69) is 21.6 Å². The molecule has 1 amide bonds. The van der Waals surface area contributed by atoms with Gasteiger partial charge in [-0.2, -0.15) is 4.72 Å². The molecule has 9 heteroatoms. The Morgan fingerprint density at radius 3 is 2.57 bits per heavy atom. The highest BCUT2D eigenvalue weighted by Crippen LogP contribution is 2.24. The average Bonchev–Trinajstić information content (AvgIpc) is 3.36. The molecule has 1 aliphatic heterocycles. The van der Waals surface area contributed by atoms with Gasteiger partial charge in [0.2, 0.25) is 15.9 Å². The predicted molar refractivity (Wildman–Crippen MR) is 145 cm³/mol. The predicted octanol–water partition coefficient (Wildman–Crippen LogP) is 3.96. The molecule has 192 valence electrons. The van der Waals surface area contributed by atoms with Crippen LogP contribution in [0, 0.1) is 5.92 Å². The molecule has 4 aromatic rings. The maximum Gasteiger partial charge on any atom is 0.241 e. The lowest BCUT2D eigenvalue weighted by Gasteiger charge is -2.33. The van der Waals surface area contributed by atoms with Crippen molar-refractivity contribution in [2.75, 3.05) is 18.8 Å². The third-order valence-electron chi connectivity index (χ3n) is 7.00. The van der Waals surface area contributed by atoms with E-state index in [4.69, 9.17) is 5.73 Å². The number of nitrogens with zero attached hydrogens (tertiary/aromatic N) is 2. The average molecular weight is 518 g/mol. The second kappa shape index (κ2) is 10.4. The summed E-state index contributed by atoms with van der Waals surface area (Å²) in [4.78, 5) is 22.8. The molecule has 37 heavy (non-hydrogen) atoms. The number of aromatic amines is 1. The van der Waals surface area contributed by atoms with Gasteiger partial charge >= 0.3 is 0 Å². The first-order chi connectivity index (χ1) is 17.8. The number of nitrogen functional groups attached to an aromatic ring is 1. The number of sulfonamides is 1. The summed E-state index contributed by atoms with van der Waals surface area (Å²) in [5.41, 5.74) is 10.8. The van der Waals surface area contributed by atoms with E-state index < -0.39 is 16.1 Å². The van der Waals surface area contributed by atoms with Crippen molar-refractivity contribution >= 4 is 32.7 Å². The molecule has 5 rings (SSSR count). The van der Waals surface area contributed by atoms with Crippen LogP contribution in [0.5, 0.6) is 0 Å². The van der Waals surface area contributed by atoms with Crippen LogP contribution in [0.2, 0.25) is 0 Å². The van der Waals surface area contributed by atoms with Gasteiger partial charge in [0, 0.05) is 18.8 Å². The summed E-state index contributed by atoms with van der Waals surface area (Å²) in [6, 6.07) is 18.8. The summed E-state index contributed by atoms with van der Waals surface area (Å²) >= 11 is 0. The molecule has 2 heterocycles.